The Kier molecular flexibility index (Phi) is 2.41. The van der Waals surface area contributed by atoms with Crippen molar-refractivity contribution in [2.45, 2.75) is 6.43 Å². The molecular weight excluding hydrogens is 184 g/mol. The van der Waals surface area contributed by atoms with E-state index in [0.29, 0.717) is 6.07 Å². The zero-order valence-corrected chi connectivity index (χ0v) is 6.25. The van der Waals surface area contributed by atoms with Crippen LogP contribution in [-0.2, 0) is 0 Å². The molecule has 0 aliphatic rings. The van der Waals surface area contributed by atoms with E-state index >= 15 is 0 Å². The van der Waals surface area contributed by atoms with Crippen molar-refractivity contribution in [2.24, 2.45) is 0 Å². The predicted octanol–water partition coefficient (Wildman–Crippen LogP) is 0.831. The maximum absolute atomic E-state index is 12.0. The number of hydrogen-bond donors (Lipinski definition) is 2. The third kappa shape index (κ3) is 1.71. The zero-order chi connectivity index (χ0) is 10.0. The largest absolute Gasteiger partial charge is 0.506 e. The molecule has 2 N–H and O–H groups in total. The lowest BCUT2D eigenvalue weighted by molar-refractivity contribution is 0.111. The first-order chi connectivity index (χ1) is 6.06. The summed E-state index contributed by atoms with van der Waals surface area (Å²) in [4.78, 5) is 22.8. The Bertz CT molecular complexity index is 386. The summed E-state index contributed by atoms with van der Waals surface area (Å²) in [6.45, 7) is 0. The molecule has 1 aromatic heterocycles. The molecule has 13 heavy (non-hydrogen) atoms. The van der Waals surface area contributed by atoms with Gasteiger partial charge in [-0.25, -0.2) is 8.78 Å². The lowest BCUT2D eigenvalue weighted by Crippen LogP contribution is -2.14. The molecule has 0 spiro atoms. The summed E-state index contributed by atoms with van der Waals surface area (Å²) >= 11 is 0. The van der Waals surface area contributed by atoms with Crippen LogP contribution >= 0.6 is 0 Å². The van der Waals surface area contributed by atoms with Gasteiger partial charge in [0.05, 0.1) is 5.56 Å². The molecule has 0 radical (unpaired) electrons. The van der Waals surface area contributed by atoms with E-state index in [4.69, 9.17) is 5.11 Å². The number of pyridine rings is 1. The van der Waals surface area contributed by atoms with E-state index in [-0.39, 0.29) is 6.29 Å². The monoisotopic (exact) mass is 189 g/mol. The van der Waals surface area contributed by atoms with E-state index in [1.165, 1.54) is 0 Å². The van der Waals surface area contributed by atoms with E-state index in [1.54, 1.807) is 0 Å². The molecule has 1 aromatic rings. The average Bonchev–Trinajstić information content (AvgIpc) is 2.07. The molecule has 0 unspecified atom stereocenters. The molecule has 0 aliphatic heterocycles. The van der Waals surface area contributed by atoms with Crippen molar-refractivity contribution in [3.63, 3.8) is 0 Å². The standard InChI is InChI=1S/C7H5F2NO3/c8-6(9)3-1-5(12)4(2-11)10-7(3)13/h1-2,6,12H,(H,10,13). The molecule has 0 atom stereocenters. The SMILES string of the molecule is O=Cc1[nH]c(=O)c(C(F)F)cc1O. The van der Waals surface area contributed by atoms with E-state index in [0.717, 1.165) is 0 Å². The summed E-state index contributed by atoms with van der Waals surface area (Å²) in [5.41, 5.74) is -2.34. The number of aromatic nitrogens is 1. The lowest BCUT2D eigenvalue weighted by atomic mass is 10.2. The van der Waals surface area contributed by atoms with Crippen LogP contribution in [0.15, 0.2) is 10.9 Å². The number of aromatic hydroxyl groups is 1. The van der Waals surface area contributed by atoms with Crippen molar-refractivity contribution in [2.75, 3.05) is 0 Å². The van der Waals surface area contributed by atoms with Crippen LogP contribution in [-0.4, -0.2) is 16.4 Å². The van der Waals surface area contributed by atoms with Crippen LogP contribution in [0.25, 0.3) is 0 Å². The predicted molar refractivity (Wildman–Crippen MR) is 39.1 cm³/mol. The molecule has 1 rings (SSSR count). The van der Waals surface area contributed by atoms with Crippen molar-refractivity contribution in [1.29, 1.82) is 0 Å². The Hall–Kier alpha value is -1.72. The topological polar surface area (TPSA) is 70.2 Å². The van der Waals surface area contributed by atoms with Gasteiger partial charge in [0.1, 0.15) is 11.4 Å². The summed E-state index contributed by atoms with van der Waals surface area (Å²) < 4.78 is 24.0. The maximum atomic E-state index is 12.0. The van der Waals surface area contributed by atoms with Crippen LogP contribution in [0.2, 0.25) is 0 Å². The number of aldehydes is 1. The van der Waals surface area contributed by atoms with E-state index in [9.17, 15) is 18.4 Å². The first-order valence-corrected chi connectivity index (χ1v) is 3.25. The maximum Gasteiger partial charge on any atom is 0.269 e. The fourth-order valence-electron chi connectivity index (χ4n) is 0.801. The zero-order valence-electron chi connectivity index (χ0n) is 6.25. The molecule has 0 aromatic carbocycles. The molecule has 0 amide bonds. The number of H-pyrrole nitrogens is 1. The van der Waals surface area contributed by atoms with Gasteiger partial charge in [-0.3, -0.25) is 9.59 Å². The fourth-order valence-corrected chi connectivity index (χ4v) is 0.801. The molecule has 0 saturated carbocycles. The van der Waals surface area contributed by atoms with Gasteiger partial charge in [-0.05, 0) is 6.07 Å². The summed E-state index contributed by atoms with van der Waals surface area (Å²) in [6, 6.07) is 0.577. The highest BCUT2D eigenvalue weighted by Gasteiger charge is 2.14. The minimum absolute atomic E-state index is 0.173. The molecular formula is C7H5F2NO3. The van der Waals surface area contributed by atoms with Gasteiger partial charge in [0.15, 0.2) is 6.29 Å². The Morgan fingerprint density at radius 1 is 1.54 bits per heavy atom. The van der Waals surface area contributed by atoms with Gasteiger partial charge in [-0.1, -0.05) is 0 Å². The number of carbonyl (C=O) groups is 1. The van der Waals surface area contributed by atoms with Crippen LogP contribution < -0.4 is 5.56 Å². The Labute approximate surface area is 70.8 Å². The fraction of sp³-hybridized carbons (Fsp3) is 0.143. The lowest BCUT2D eigenvalue weighted by Gasteiger charge is -2.00. The van der Waals surface area contributed by atoms with Crippen LogP contribution in [0.1, 0.15) is 22.5 Å². The molecule has 0 aliphatic carbocycles. The van der Waals surface area contributed by atoms with Gasteiger partial charge in [0.2, 0.25) is 0 Å². The third-order valence-corrected chi connectivity index (χ3v) is 1.43. The second-order valence-electron chi connectivity index (χ2n) is 2.27. The molecule has 4 nitrogen and oxygen atoms in total. The first kappa shape index (κ1) is 9.37. The highest BCUT2D eigenvalue weighted by atomic mass is 19.3. The van der Waals surface area contributed by atoms with Crippen molar-refractivity contribution in [3.8, 4) is 5.75 Å². The molecule has 70 valence electrons. The first-order valence-electron chi connectivity index (χ1n) is 3.25. The van der Waals surface area contributed by atoms with E-state index in [1.807, 2.05) is 4.98 Å². The number of halogens is 2. The number of nitrogens with one attached hydrogen (secondary N) is 1. The number of aromatic amines is 1. The second kappa shape index (κ2) is 3.34. The summed E-state index contributed by atoms with van der Waals surface area (Å²) in [5.74, 6) is -0.662. The van der Waals surface area contributed by atoms with Crippen LogP contribution in [0.3, 0.4) is 0 Å². The smallest absolute Gasteiger partial charge is 0.269 e. The number of rotatable bonds is 2. The Morgan fingerprint density at radius 2 is 2.15 bits per heavy atom. The van der Waals surface area contributed by atoms with Crippen molar-refractivity contribution >= 4 is 6.29 Å². The van der Waals surface area contributed by atoms with Gasteiger partial charge >= 0.3 is 0 Å². The van der Waals surface area contributed by atoms with Gasteiger partial charge in [0.25, 0.3) is 12.0 Å². The quantitative estimate of drug-likeness (QED) is 0.677. The van der Waals surface area contributed by atoms with Gasteiger partial charge in [-0.2, -0.15) is 0 Å². The molecule has 6 heteroatoms. The average molecular weight is 189 g/mol. The molecule has 1 heterocycles. The minimum Gasteiger partial charge on any atom is -0.506 e. The highest BCUT2D eigenvalue weighted by molar-refractivity contribution is 5.75. The number of hydrogen-bond acceptors (Lipinski definition) is 3. The van der Waals surface area contributed by atoms with Crippen molar-refractivity contribution < 1.29 is 18.7 Å². The van der Waals surface area contributed by atoms with Crippen LogP contribution in [0.4, 0.5) is 8.78 Å². The van der Waals surface area contributed by atoms with Gasteiger partial charge < -0.3 is 10.1 Å². The summed E-state index contributed by atoms with van der Waals surface area (Å²) in [6.07, 6.45) is -2.80. The van der Waals surface area contributed by atoms with Crippen molar-refractivity contribution in [3.05, 3.63) is 27.7 Å². The molecule has 0 fully saturated rings. The highest BCUT2D eigenvalue weighted by Crippen LogP contribution is 2.19. The minimum atomic E-state index is -2.98. The van der Waals surface area contributed by atoms with E-state index < -0.39 is 29.0 Å². The summed E-state index contributed by atoms with van der Waals surface area (Å²) in [7, 11) is 0. The second-order valence-corrected chi connectivity index (χ2v) is 2.27. The normalized spacial score (nSPS) is 10.4. The molecule has 0 bridgehead atoms. The number of carbonyl (C=O) groups excluding carboxylic acids is 1. The molecule has 0 saturated heterocycles. The summed E-state index contributed by atoms with van der Waals surface area (Å²) in [5, 5.41) is 8.93. The number of alkyl halides is 2. The van der Waals surface area contributed by atoms with Crippen LogP contribution in [0, 0.1) is 0 Å². The van der Waals surface area contributed by atoms with Gasteiger partial charge in [-0.15, -0.1) is 0 Å². The van der Waals surface area contributed by atoms with Gasteiger partial charge in [0, 0.05) is 0 Å². The van der Waals surface area contributed by atoms with E-state index in [2.05, 4.69) is 0 Å². The Morgan fingerprint density at radius 3 is 2.62 bits per heavy atom. The third-order valence-electron chi connectivity index (χ3n) is 1.43. The Balaban J connectivity index is 3.37. The van der Waals surface area contributed by atoms with Crippen molar-refractivity contribution in [1.82, 2.24) is 4.98 Å². The van der Waals surface area contributed by atoms with Crippen LogP contribution in [0.5, 0.6) is 5.75 Å².